The van der Waals surface area contributed by atoms with Gasteiger partial charge < -0.3 is 9.47 Å². The first-order chi connectivity index (χ1) is 30.3. The zero-order chi connectivity index (χ0) is 40.3. The summed E-state index contributed by atoms with van der Waals surface area (Å²) in [5.41, 5.74) is 16.2. The van der Waals surface area contributed by atoms with Crippen molar-refractivity contribution < 1.29 is 0 Å². The zero-order valence-electron chi connectivity index (χ0n) is 33.5. The van der Waals surface area contributed by atoms with E-state index in [1.807, 2.05) is 0 Å². The summed E-state index contributed by atoms with van der Waals surface area (Å²) in [5, 5.41) is 4.96. The number of nitrogens with zero attached hydrogens (tertiary/aromatic N) is 2. The Morgan fingerprint density at radius 2 is 0.869 bits per heavy atom. The lowest BCUT2D eigenvalue weighted by Crippen LogP contribution is -2.28. The molecule has 1 atom stereocenters. The molecule has 1 unspecified atom stereocenters. The lowest BCUT2D eigenvalue weighted by Gasteiger charge is -2.35. The van der Waals surface area contributed by atoms with Crippen LogP contribution in [-0.4, -0.2) is 4.57 Å². The number of hydrogen-bond donors (Lipinski definition) is 0. The van der Waals surface area contributed by atoms with Crippen molar-refractivity contribution in [3.05, 3.63) is 265 Å². The summed E-state index contributed by atoms with van der Waals surface area (Å²) >= 11 is 0. The summed E-state index contributed by atoms with van der Waals surface area (Å²) in [6, 6.07) is 89.2. The first kappa shape index (κ1) is 35.0. The summed E-state index contributed by atoms with van der Waals surface area (Å²) in [5.74, 6) is 0. The molecule has 0 saturated heterocycles. The van der Waals surface area contributed by atoms with Crippen molar-refractivity contribution >= 4 is 49.6 Å². The second-order valence-electron chi connectivity index (χ2n) is 16.1. The minimum Gasteiger partial charge on any atom is -0.310 e. The Labute approximate surface area is 355 Å². The quantitative estimate of drug-likeness (QED) is 0.156. The molecule has 286 valence electrons. The van der Waals surface area contributed by atoms with Crippen molar-refractivity contribution in [3.63, 3.8) is 0 Å². The van der Waals surface area contributed by atoms with E-state index in [1.54, 1.807) is 0 Å². The molecule has 0 fully saturated rings. The Kier molecular flexibility index (Phi) is 8.11. The Bertz CT molecular complexity index is 3390. The van der Waals surface area contributed by atoms with E-state index in [0.29, 0.717) is 0 Å². The highest BCUT2D eigenvalue weighted by atomic mass is 15.1. The third-order valence-corrected chi connectivity index (χ3v) is 12.8. The highest BCUT2D eigenvalue weighted by Gasteiger charge is 2.46. The molecule has 1 aromatic heterocycles. The van der Waals surface area contributed by atoms with Crippen LogP contribution in [0, 0.1) is 0 Å². The van der Waals surface area contributed by atoms with Crippen LogP contribution in [0.2, 0.25) is 0 Å². The average Bonchev–Trinajstić information content (AvgIpc) is 3.81. The molecule has 1 aliphatic carbocycles. The fourth-order valence-corrected chi connectivity index (χ4v) is 10.1. The summed E-state index contributed by atoms with van der Waals surface area (Å²) in [4.78, 5) is 2.43. The van der Waals surface area contributed by atoms with Gasteiger partial charge in [-0.25, -0.2) is 0 Å². The number of benzene rings is 10. The second-order valence-corrected chi connectivity index (χ2v) is 16.1. The lowest BCUT2D eigenvalue weighted by atomic mass is 9.67. The maximum Gasteiger partial charge on any atom is 0.0714 e. The van der Waals surface area contributed by atoms with Crippen molar-refractivity contribution in [1.82, 2.24) is 4.57 Å². The van der Waals surface area contributed by atoms with Crippen molar-refractivity contribution in [2.75, 3.05) is 4.90 Å². The summed E-state index contributed by atoms with van der Waals surface area (Å²) in [6.45, 7) is 0. The van der Waals surface area contributed by atoms with E-state index >= 15 is 0 Å². The third-order valence-electron chi connectivity index (χ3n) is 12.8. The molecule has 0 spiro atoms. The largest absolute Gasteiger partial charge is 0.310 e. The smallest absolute Gasteiger partial charge is 0.0714 e. The van der Waals surface area contributed by atoms with Crippen LogP contribution < -0.4 is 4.90 Å². The number of hydrogen-bond acceptors (Lipinski definition) is 1. The Balaban J connectivity index is 1.13. The van der Waals surface area contributed by atoms with Crippen molar-refractivity contribution in [2.45, 2.75) is 5.41 Å². The van der Waals surface area contributed by atoms with Gasteiger partial charge >= 0.3 is 0 Å². The SMILES string of the molecule is c1ccc(-c2ccc(C3(c4ccccc4)c4cc(N(c5ccccc5)c5ccc6c7ccccc7n(-c7ccccc7)c6c5)ccc4-c4cc5ccccc5cc43)cc2)cc1. The van der Waals surface area contributed by atoms with Crippen LogP contribution in [0.3, 0.4) is 0 Å². The van der Waals surface area contributed by atoms with Crippen LogP contribution in [0.1, 0.15) is 22.3 Å². The van der Waals surface area contributed by atoms with Gasteiger partial charge in [-0.15, -0.1) is 0 Å². The van der Waals surface area contributed by atoms with Gasteiger partial charge in [0.2, 0.25) is 0 Å². The summed E-state index contributed by atoms with van der Waals surface area (Å²) < 4.78 is 2.40. The van der Waals surface area contributed by atoms with Gasteiger partial charge in [-0.3, -0.25) is 0 Å². The number of rotatable bonds is 7. The van der Waals surface area contributed by atoms with E-state index in [9.17, 15) is 0 Å². The summed E-state index contributed by atoms with van der Waals surface area (Å²) in [7, 11) is 0. The molecule has 0 aliphatic heterocycles. The minimum absolute atomic E-state index is 0.590. The van der Waals surface area contributed by atoms with Crippen LogP contribution in [0.25, 0.3) is 60.5 Å². The molecule has 0 saturated carbocycles. The molecule has 2 heteroatoms. The monoisotopic (exact) mass is 776 g/mol. The van der Waals surface area contributed by atoms with Gasteiger partial charge in [0.25, 0.3) is 0 Å². The van der Waals surface area contributed by atoms with Gasteiger partial charge in [-0.2, -0.15) is 0 Å². The zero-order valence-corrected chi connectivity index (χ0v) is 33.5. The Morgan fingerprint density at radius 1 is 0.328 bits per heavy atom. The van der Waals surface area contributed by atoms with Gasteiger partial charge in [-0.05, 0) is 122 Å². The summed E-state index contributed by atoms with van der Waals surface area (Å²) in [6.07, 6.45) is 0. The maximum absolute atomic E-state index is 2.47. The van der Waals surface area contributed by atoms with Crippen LogP contribution in [0.5, 0.6) is 0 Å². The van der Waals surface area contributed by atoms with Gasteiger partial charge in [-0.1, -0.05) is 176 Å². The van der Waals surface area contributed by atoms with Crippen LogP contribution in [0.15, 0.2) is 243 Å². The van der Waals surface area contributed by atoms with Crippen LogP contribution in [-0.2, 0) is 5.41 Å². The normalized spacial score (nSPS) is 14.3. The van der Waals surface area contributed by atoms with Gasteiger partial charge in [0, 0.05) is 33.5 Å². The molecule has 1 aliphatic rings. The fraction of sp³-hybridized carbons (Fsp3) is 0.0169. The van der Waals surface area contributed by atoms with E-state index in [-0.39, 0.29) is 0 Å². The van der Waals surface area contributed by atoms with Gasteiger partial charge in [0.1, 0.15) is 0 Å². The first-order valence-electron chi connectivity index (χ1n) is 21.1. The van der Waals surface area contributed by atoms with E-state index in [2.05, 4.69) is 252 Å². The molecule has 0 radical (unpaired) electrons. The molecule has 2 nitrogen and oxygen atoms in total. The fourth-order valence-electron chi connectivity index (χ4n) is 10.1. The molecule has 0 amide bonds. The highest BCUT2D eigenvalue weighted by molar-refractivity contribution is 6.10. The lowest BCUT2D eigenvalue weighted by molar-refractivity contribution is 0.769. The molecular formula is C59H40N2. The van der Waals surface area contributed by atoms with Crippen LogP contribution in [0.4, 0.5) is 17.1 Å². The number of para-hydroxylation sites is 3. The molecule has 61 heavy (non-hydrogen) atoms. The minimum atomic E-state index is -0.590. The predicted molar refractivity (Wildman–Crippen MR) is 256 cm³/mol. The number of anilines is 3. The second kappa shape index (κ2) is 14.1. The molecule has 1 heterocycles. The van der Waals surface area contributed by atoms with Crippen molar-refractivity contribution in [3.8, 4) is 27.9 Å². The molecule has 0 N–H and O–H groups in total. The molecule has 0 bridgehead atoms. The van der Waals surface area contributed by atoms with E-state index in [0.717, 1.165) is 22.7 Å². The van der Waals surface area contributed by atoms with E-state index in [4.69, 9.17) is 0 Å². The Morgan fingerprint density at radius 3 is 1.62 bits per heavy atom. The molecule has 11 aromatic rings. The molecule has 12 rings (SSSR count). The molecular weight excluding hydrogens is 737 g/mol. The van der Waals surface area contributed by atoms with Crippen molar-refractivity contribution in [2.24, 2.45) is 0 Å². The van der Waals surface area contributed by atoms with E-state index < -0.39 is 5.41 Å². The topological polar surface area (TPSA) is 8.17 Å². The number of aromatic nitrogens is 1. The van der Waals surface area contributed by atoms with Gasteiger partial charge in [0.05, 0.1) is 16.4 Å². The maximum atomic E-state index is 2.47. The predicted octanol–water partition coefficient (Wildman–Crippen LogP) is 15.4. The number of fused-ring (bicyclic) bond motifs is 7. The first-order valence-corrected chi connectivity index (χ1v) is 21.1. The average molecular weight is 777 g/mol. The highest BCUT2D eigenvalue weighted by Crippen LogP contribution is 2.58. The Hall–Kier alpha value is -7.94. The van der Waals surface area contributed by atoms with Crippen molar-refractivity contribution in [1.29, 1.82) is 0 Å². The molecule has 10 aromatic carbocycles. The van der Waals surface area contributed by atoms with Gasteiger partial charge in [0.15, 0.2) is 0 Å². The third kappa shape index (κ3) is 5.50. The standard InChI is InChI=1S/C59H40N2/c1-5-17-41(18-6-1)42-29-31-46(32-30-42)59(45-21-7-2-8-22-45)55-38-44-20-14-13-19-43(44)37-54(55)51-35-33-49(39-56(51)59)60(47-23-9-3-10-24-47)50-34-36-53-52-27-15-16-28-57(52)61(58(53)40-50)48-25-11-4-12-26-48/h1-40H. The van der Waals surface area contributed by atoms with E-state index in [1.165, 1.54) is 77.1 Å². The van der Waals surface area contributed by atoms with Crippen LogP contribution >= 0.6 is 0 Å².